The van der Waals surface area contributed by atoms with Gasteiger partial charge in [-0.3, -0.25) is 9.59 Å². The monoisotopic (exact) mass is 487 g/mol. The molecule has 4 N–H and O–H groups in total. The Morgan fingerprint density at radius 3 is 2.11 bits per heavy atom. The third-order valence-electron chi connectivity index (χ3n) is 5.50. The number of nitrogens with two attached hydrogens (primary N) is 1. The Morgan fingerprint density at radius 2 is 1.61 bits per heavy atom. The molecule has 2 amide bonds. The molecular formula is C28H33N5O3. The van der Waals surface area contributed by atoms with Crippen LogP contribution in [0.2, 0.25) is 0 Å². The maximum Gasteiger partial charge on any atom is 0.300 e. The highest BCUT2D eigenvalue weighted by Crippen LogP contribution is 2.31. The Balaban J connectivity index is 0.000000658. The van der Waals surface area contributed by atoms with Crippen LogP contribution < -0.4 is 21.4 Å². The molecule has 0 saturated carbocycles. The molecule has 0 aromatic heterocycles. The molecule has 3 aromatic carbocycles. The maximum absolute atomic E-state index is 13.8. The van der Waals surface area contributed by atoms with Crippen LogP contribution in [0.3, 0.4) is 0 Å². The number of nitrogens with zero attached hydrogens (tertiary/aromatic N) is 2. The van der Waals surface area contributed by atoms with Crippen molar-refractivity contribution in [2.75, 3.05) is 30.6 Å². The number of aryl methyl sites for hydroxylation is 1. The van der Waals surface area contributed by atoms with Crippen LogP contribution in [-0.2, 0) is 20.7 Å². The summed E-state index contributed by atoms with van der Waals surface area (Å²) in [6.07, 6.45) is 0.911. The minimum atomic E-state index is -1.54. The third-order valence-corrected chi connectivity index (χ3v) is 5.50. The summed E-state index contributed by atoms with van der Waals surface area (Å²) in [5, 5.41) is 12.1. The average Bonchev–Trinajstić information content (AvgIpc) is 3.17. The zero-order chi connectivity index (χ0) is 26.0. The SMILES string of the molecule is CCc1ccc(NC2(NC(C)=O)C(=O)N(c3ccccc3)N=C2c2ccccc2)cc1.COCCN. The molecule has 0 bridgehead atoms. The highest BCUT2D eigenvalue weighted by molar-refractivity contribution is 6.30. The van der Waals surface area contributed by atoms with Gasteiger partial charge in [-0.25, -0.2) is 0 Å². The molecule has 0 fully saturated rings. The van der Waals surface area contributed by atoms with Gasteiger partial charge in [-0.05, 0) is 36.2 Å². The molecule has 1 heterocycles. The lowest BCUT2D eigenvalue weighted by Gasteiger charge is -2.32. The van der Waals surface area contributed by atoms with Crippen LogP contribution in [0.5, 0.6) is 0 Å². The topological polar surface area (TPSA) is 109 Å². The predicted octanol–water partition coefficient (Wildman–Crippen LogP) is 3.54. The molecule has 0 aliphatic carbocycles. The number of anilines is 2. The van der Waals surface area contributed by atoms with Crippen LogP contribution >= 0.6 is 0 Å². The van der Waals surface area contributed by atoms with E-state index in [1.165, 1.54) is 17.5 Å². The molecule has 4 rings (SSSR count). The summed E-state index contributed by atoms with van der Waals surface area (Å²) >= 11 is 0. The van der Waals surface area contributed by atoms with E-state index in [1.807, 2.05) is 84.9 Å². The first-order chi connectivity index (χ1) is 17.4. The van der Waals surface area contributed by atoms with Gasteiger partial charge in [-0.1, -0.05) is 67.6 Å². The Bertz CT molecular complexity index is 1160. The number of hydrogen-bond acceptors (Lipinski definition) is 6. The van der Waals surface area contributed by atoms with E-state index in [0.717, 1.165) is 12.0 Å². The summed E-state index contributed by atoms with van der Waals surface area (Å²) in [7, 11) is 1.63. The fourth-order valence-corrected chi connectivity index (χ4v) is 3.77. The lowest BCUT2D eigenvalue weighted by Crippen LogP contribution is -2.64. The summed E-state index contributed by atoms with van der Waals surface area (Å²) in [6, 6.07) is 26.4. The molecule has 36 heavy (non-hydrogen) atoms. The number of ether oxygens (including phenoxy) is 1. The standard InChI is InChI=1S/C25H24N4O2.C3H9NO/c1-3-19-14-16-21(17-15-19)27-25(26-18(2)30)23(20-10-6-4-7-11-20)28-29(24(25)31)22-12-8-5-9-13-22;1-5-3-2-4/h4-17,27H,3H2,1-2H3,(H,26,30);2-4H2,1H3. The zero-order valence-electron chi connectivity index (χ0n) is 20.9. The molecule has 8 heteroatoms. The van der Waals surface area contributed by atoms with Gasteiger partial charge < -0.3 is 21.1 Å². The van der Waals surface area contributed by atoms with Crippen LogP contribution in [0.15, 0.2) is 90.0 Å². The van der Waals surface area contributed by atoms with E-state index in [1.54, 1.807) is 7.11 Å². The first-order valence-corrected chi connectivity index (χ1v) is 11.8. The molecule has 188 valence electrons. The van der Waals surface area contributed by atoms with E-state index in [-0.39, 0.29) is 11.8 Å². The second-order valence-electron chi connectivity index (χ2n) is 8.16. The number of benzene rings is 3. The summed E-state index contributed by atoms with van der Waals surface area (Å²) < 4.78 is 4.57. The Hall–Kier alpha value is -4.01. The second kappa shape index (κ2) is 12.6. The van der Waals surface area contributed by atoms with Crippen molar-refractivity contribution < 1.29 is 14.3 Å². The van der Waals surface area contributed by atoms with Gasteiger partial charge in [0.15, 0.2) is 0 Å². The van der Waals surface area contributed by atoms with Crippen molar-refractivity contribution in [1.82, 2.24) is 5.32 Å². The van der Waals surface area contributed by atoms with E-state index in [9.17, 15) is 9.59 Å². The smallest absolute Gasteiger partial charge is 0.300 e. The van der Waals surface area contributed by atoms with Crippen LogP contribution in [0.4, 0.5) is 11.4 Å². The first-order valence-electron chi connectivity index (χ1n) is 11.8. The molecule has 1 aliphatic heterocycles. The van der Waals surface area contributed by atoms with Gasteiger partial charge in [0.1, 0.15) is 5.71 Å². The van der Waals surface area contributed by atoms with Crippen molar-refractivity contribution >= 4 is 28.9 Å². The number of para-hydroxylation sites is 1. The molecule has 1 atom stereocenters. The van der Waals surface area contributed by atoms with Gasteiger partial charge in [-0.2, -0.15) is 10.1 Å². The van der Waals surface area contributed by atoms with Crippen LogP contribution in [0.25, 0.3) is 0 Å². The number of rotatable bonds is 8. The van der Waals surface area contributed by atoms with E-state index in [2.05, 4.69) is 27.4 Å². The second-order valence-corrected chi connectivity index (χ2v) is 8.16. The molecule has 8 nitrogen and oxygen atoms in total. The average molecular weight is 488 g/mol. The number of carbonyl (C=O) groups excluding carboxylic acids is 2. The Kier molecular flexibility index (Phi) is 9.32. The number of nitrogens with one attached hydrogen (secondary N) is 2. The van der Waals surface area contributed by atoms with Crippen molar-refractivity contribution in [2.24, 2.45) is 10.8 Å². The number of methoxy groups -OCH3 is 1. The summed E-state index contributed by atoms with van der Waals surface area (Å²) in [5.41, 5.74) is 7.14. The largest absolute Gasteiger partial charge is 0.383 e. The highest BCUT2D eigenvalue weighted by Gasteiger charge is 2.53. The first kappa shape index (κ1) is 26.6. The minimum Gasteiger partial charge on any atom is -0.383 e. The van der Waals surface area contributed by atoms with Crippen LogP contribution in [-0.4, -0.2) is 43.5 Å². The van der Waals surface area contributed by atoms with Gasteiger partial charge in [0.05, 0.1) is 12.3 Å². The Labute approximate surface area is 212 Å². The lowest BCUT2D eigenvalue weighted by molar-refractivity contribution is -0.127. The molecular weight excluding hydrogens is 454 g/mol. The molecule has 0 saturated heterocycles. The molecule has 0 radical (unpaired) electrons. The van der Waals surface area contributed by atoms with E-state index in [0.29, 0.717) is 30.2 Å². The van der Waals surface area contributed by atoms with E-state index < -0.39 is 5.66 Å². The predicted molar refractivity (Wildman–Crippen MR) is 144 cm³/mol. The number of hydrazone groups is 1. The van der Waals surface area contributed by atoms with Crippen molar-refractivity contribution in [3.8, 4) is 0 Å². The lowest BCUT2D eigenvalue weighted by atomic mass is 9.95. The zero-order valence-corrected chi connectivity index (χ0v) is 20.9. The molecule has 3 aromatic rings. The van der Waals surface area contributed by atoms with E-state index >= 15 is 0 Å². The van der Waals surface area contributed by atoms with Gasteiger partial charge in [0.25, 0.3) is 0 Å². The molecule has 0 spiro atoms. The molecule has 1 aliphatic rings. The minimum absolute atomic E-state index is 0.343. The Morgan fingerprint density at radius 1 is 1.00 bits per heavy atom. The van der Waals surface area contributed by atoms with Crippen LogP contribution in [0, 0.1) is 0 Å². The summed E-state index contributed by atoms with van der Waals surface area (Å²) in [5.74, 6) is -0.725. The van der Waals surface area contributed by atoms with Crippen molar-refractivity contribution in [2.45, 2.75) is 25.9 Å². The molecule has 1 unspecified atom stereocenters. The summed E-state index contributed by atoms with van der Waals surface area (Å²) in [4.78, 5) is 26.1. The normalized spacial score (nSPS) is 16.6. The summed E-state index contributed by atoms with van der Waals surface area (Å²) in [6.45, 7) is 4.76. The quantitative estimate of drug-likeness (QED) is 0.421. The van der Waals surface area contributed by atoms with Gasteiger partial charge >= 0.3 is 5.91 Å². The number of amides is 2. The van der Waals surface area contributed by atoms with Gasteiger partial charge in [0, 0.05) is 31.8 Å². The van der Waals surface area contributed by atoms with E-state index in [4.69, 9.17) is 5.73 Å². The fourth-order valence-electron chi connectivity index (χ4n) is 3.77. The van der Waals surface area contributed by atoms with Crippen molar-refractivity contribution in [1.29, 1.82) is 0 Å². The maximum atomic E-state index is 13.8. The van der Waals surface area contributed by atoms with Crippen molar-refractivity contribution in [3.63, 3.8) is 0 Å². The fraction of sp³-hybridized carbons (Fsp3) is 0.250. The third kappa shape index (κ3) is 6.16. The van der Waals surface area contributed by atoms with Gasteiger partial charge in [0.2, 0.25) is 11.6 Å². The van der Waals surface area contributed by atoms with Gasteiger partial charge in [-0.15, -0.1) is 0 Å². The highest BCUT2D eigenvalue weighted by atomic mass is 16.5. The van der Waals surface area contributed by atoms with Crippen LogP contribution in [0.1, 0.15) is 25.0 Å². The number of hydrogen-bond donors (Lipinski definition) is 3. The number of carbonyl (C=O) groups is 2. The van der Waals surface area contributed by atoms with Crippen molar-refractivity contribution in [3.05, 3.63) is 96.1 Å².